The van der Waals surface area contributed by atoms with Crippen molar-refractivity contribution in [2.45, 2.75) is 13.3 Å². The molecule has 0 aliphatic carbocycles. The van der Waals surface area contributed by atoms with Crippen LogP contribution < -0.4 is 4.74 Å². The molecule has 0 radical (unpaired) electrons. The molecule has 0 amide bonds. The molecular formula is C23H26N6O2. The second-order valence-corrected chi connectivity index (χ2v) is 7.21. The van der Waals surface area contributed by atoms with Crippen LogP contribution in [0.5, 0.6) is 5.88 Å². The summed E-state index contributed by atoms with van der Waals surface area (Å²) >= 11 is 0. The monoisotopic (exact) mass is 418 g/mol. The van der Waals surface area contributed by atoms with Crippen LogP contribution in [0.15, 0.2) is 54.9 Å². The molecule has 0 atom stereocenters. The maximum absolute atomic E-state index is 8.26. The van der Waals surface area contributed by atoms with Gasteiger partial charge in [-0.15, -0.1) is 0 Å². The van der Waals surface area contributed by atoms with Gasteiger partial charge in [0, 0.05) is 29.9 Å². The fourth-order valence-corrected chi connectivity index (χ4v) is 2.78. The van der Waals surface area contributed by atoms with E-state index in [0.29, 0.717) is 29.4 Å². The normalized spacial score (nSPS) is 10.7. The first kappa shape index (κ1) is 22.0. The fraction of sp³-hybridized carbons (Fsp3) is 0.261. The van der Waals surface area contributed by atoms with E-state index in [1.807, 2.05) is 38.4 Å². The molecule has 160 valence electrons. The summed E-state index contributed by atoms with van der Waals surface area (Å²) in [5, 5.41) is 16.3. The predicted octanol–water partition coefficient (Wildman–Crippen LogP) is 3.55. The molecule has 0 saturated heterocycles. The standard InChI is InChI=1S/C23H26N6O2/c1-16-21(23(25)31-22(24)17-8-5-4-6-9-17)28-19(15-26-16)18-10-11-20(27-14-18)30-13-7-12-29(2)3/h4-6,8-11,14-15,24-25H,7,12-13H2,1-3H3. The highest BCUT2D eigenvalue weighted by Gasteiger charge is 2.15. The van der Waals surface area contributed by atoms with E-state index in [1.54, 1.807) is 37.5 Å². The number of aryl methyl sites for hydroxylation is 1. The molecule has 0 fully saturated rings. The van der Waals surface area contributed by atoms with E-state index in [2.05, 4.69) is 19.9 Å². The Kier molecular flexibility index (Phi) is 7.40. The molecule has 0 spiro atoms. The minimum absolute atomic E-state index is 0.116. The van der Waals surface area contributed by atoms with Crippen LogP contribution in [0.2, 0.25) is 0 Å². The van der Waals surface area contributed by atoms with E-state index < -0.39 is 0 Å². The van der Waals surface area contributed by atoms with Crippen molar-refractivity contribution in [3.8, 4) is 17.1 Å². The van der Waals surface area contributed by atoms with Gasteiger partial charge in [0.25, 0.3) is 0 Å². The summed E-state index contributed by atoms with van der Waals surface area (Å²) in [6.07, 6.45) is 4.22. The Morgan fingerprint density at radius 2 is 1.74 bits per heavy atom. The number of benzene rings is 1. The Hall–Kier alpha value is -3.65. The number of pyridine rings is 1. The van der Waals surface area contributed by atoms with Gasteiger partial charge in [-0.25, -0.2) is 9.97 Å². The van der Waals surface area contributed by atoms with E-state index in [0.717, 1.165) is 18.5 Å². The number of hydrogen-bond acceptors (Lipinski definition) is 8. The Morgan fingerprint density at radius 1 is 0.968 bits per heavy atom. The van der Waals surface area contributed by atoms with Gasteiger partial charge >= 0.3 is 0 Å². The third-order valence-electron chi connectivity index (χ3n) is 4.44. The van der Waals surface area contributed by atoms with Crippen molar-refractivity contribution in [1.82, 2.24) is 19.9 Å². The van der Waals surface area contributed by atoms with Crippen molar-refractivity contribution in [3.05, 3.63) is 71.8 Å². The molecule has 31 heavy (non-hydrogen) atoms. The molecule has 2 N–H and O–H groups in total. The molecule has 3 aromatic rings. The minimum Gasteiger partial charge on any atom is -0.478 e. The second kappa shape index (κ2) is 10.4. The summed E-state index contributed by atoms with van der Waals surface area (Å²) in [4.78, 5) is 15.3. The van der Waals surface area contributed by atoms with Gasteiger partial charge in [-0.3, -0.25) is 15.8 Å². The molecule has 0 saturated carbocycles. The molecule has 1 aromatic carbocycles. The zero-order valence-corrected chi connectivity index (χ0v) is 17.9. The van der Waals surface area contributed by atoms with Crippen molar-refractivity contribution in [2.75, 3.05) is 27.2 Å². The first-order valence-electron chi connectivity index (χ1n) is 9.92. The van der Waals surface area contributed by atoms with Crippen molar-refractivity contribution in [3.63, 3.8) is 0 Å². The quantitative estimate of drug-likeness (QED) is 0.329. The summed E-state index contributed by atoms with van der Waals surface area (Å²) in [7, 11) is 4.05. The molecule has 0 aliphatic rings. The van der Waals surface area contributed by atoms with Gasteiger partial charge in [0.2, 0.25) is 17.7 Å². The maximum atomic E-state index is 8.26. The lowest BCUT2D eigenvalue weighted by Gasteiger charge is -2.11. The summed E-state index contributed by atoms with van der Waals surface area (Å²) in [6.45, 7) is 3.30. The highest BCUT2D eigenvalue weighted by atomic mass is 16.5. The smallest absolute Gasteiger partial charge is 0.241 e. The van der Waals surface area contributed by atoms with Crippen molar-refractivity contribution >= 4 is 11.8 Å². The number of hydrogen-bond donors (Lipinski definition) is 2. The number of nitrogens with one attached hydrogen (secondary N) is 2. The fourth-order valence-electron chi connectivity index (χ4n) is 2.78. The van der Waals surface area contributed by atoms with Crippen LogP contribution in [0.3, 0.4) is 0 Å². The Morgan fingerprint density at radius 3 is 2.42 bits per heavy atom. The number of nitrogens with zero attached hydrogens (tertiary/aromatic N) is 4. The van der Waals surface area contributed by atoms with Crippen molar-refractivity contribution < 1.29 is 9.47 Å². The van der Waals surface area contributed by atoms with E-state index in [4.69, 9.17) is 20.3 Å². The van der Waals surface area contributed by atoms with Crippen LogP contribution in [-0.2, 0) is 4.74 Å². The Bertz CT molecular complexity index is 1040. The van der Waals surface area contributed by atoms with Gasteiger partial charge in [-0.05, 0) is 45.6 Å². The van der Waals surface area contributed by atoms with Crippen LogP contribution in [0.1, 0.15) is 23.4 Å². The van der Waals surface area contributed by atoms with Crippen LogP contribution in [0.4, 0.5) is 0 Å². The minimum atomic E-state index is -0.227. The van der Waals surface area contributed by atoms with Crippen LogP contribution in [0.25, 0.3) is 11.3 Å². The van der Waals surface area contributed by atoms with E-state index in [1.165, 1.54) is 0 Å². The zero-order valence-electron chi connectivity index (χ0n) is 17.9. The van der Waals surface area contributed by atoms with Crippen molar-refractivity contribution in [2.24, 2.45) is 0 Å². The third kappa shape index (κ3) is 6.16. The van der Waals surface area contributed by atoms with Crippen LogP contribution >= 0.6 is 0 Å². The van der Waals surface area contributed by atoms with Crippen LogP contribution in [-0.4, -0.2) is 58.9 Å². The second-order valence-electron chi connectivity index (χ2n) is 7.21. The van der Waals surface area contributed by atoms with Crippen molar-refractivity contribution in [1.29, 1.82) is 10.8 Å². The molecule has 2 heterocycles. The van der Waals surface area contributed by atoms with Crippen LogP contribution in [0, 0.1) is 17.7 Å². The van der Waals surface area contributed by atoms with Gasteiger partial charge in [0.05, 0.1) is 24.2 Å². The highest BCUT2D eigenvalue weighted by Crippen LogP contribution is 2.19. The van der Waals surface area contributed by atoms with E-state index in [9.17, 15) is 0 Å². The van der Waals surface area contributed by atoms with E-state index >= 15 is 0 Å². The van der Waals surface area contributed by atoms with Gasteiger partial charge in [-0.1, -0.05) is 18.2 Å². The number of rotatable bonds is 8. The number of aromatic nitrogens is 3. The SMILES string of the molecule is Cc1ncc(-c2ccc(OCCCN(C)C)nc2)nc1C(=N)OC(=N)c1ccccc1. The van der Waals surface area contributed by atoms with Gasteiger partial charge in [0.15, 0.2) is 0 Å². The molecular weight excluding hydrogens is 392 g/mol. The summed E-state index contributed by atoms with van der Waals surface area (Å²) in [5.74, 6) is 0.208. The van der Waals surface area contributed by atoms with Gasteiger partial charge in [-0.2, -0.15) is 0 Å². The first-order chi connectivity index (χ1) is 14.9. The molecule has 0 aliphatic heterocycles. The first-order valence-corrected chi connectivity index (χ1v) is 9.92. The Balaban J connectivity index is 1.69. The highest BCUT2D eigenvalue weighted by molar-refractivity contribution is 6.04. The lowest BCUT2D eigenvalue weighted by molar-refractivity contribution is 0.273. The molecule has 8 heteroatoms. The molecule has 0 unspecified atom stereocenters. The largest absolute Gasteiger partial charge is 0.478 e. The Labute approximate surface area is 181 Å². The molecule has 0 bridgehead atoms. The molecule has 3 rings (SSSR count). The maximum Gasteiger partial charge on any atom is 0.241 e. The molecule has 8 nitrogen and oxygen atoms in total. The van der Waals surface area contributed by atoms with Gasteiger partial charge < -0.3 is 14.4 Å². The lowest BCUT2D eigenvalue weighted by atomic mass is 10.2. The van der Waals surface area contributed by atoms with Gasteiger partial charge in [0.1, 0.15) is 5.69 Å². The lowest BCUT2D eigenvalue weighted by Crippen LogP contribution is -2.16. The summed E-state index contributed by atoms with van der Waals surface area (Å²) < 4.78 is 11.1. The zero-order chi connectivity index (χ0) is 22.2. The summed E-state index contributed by atoms with van der Waals surface area (Å²) in [5.41, 5.74) is 2.72. The van der Waals surface area contributed by atoms with E-state index in [-0.39, 0.29) is 17.5 Å². The summed E-state index contributed by atoms with van der Waals surface area (Å²) in [6, 6.07) is 12.6. The average Bonchev–Trinajstić information content (AvgIpc) is 2.78. The average molecular weight is 419 g/mol. The predicted molar refractivity (Wildman–Crippen MR) is 120 cm³/mol. The topological polar surface area (TPSA) is 108 Å². The third-order valence-corrected chi connectivity index (χ3v) is 4.44. The number of ether oxygens (including phenoxy) is 2. The molecule has 2 aromatic heterocycles.